The molecule has 0 atom stereocenters. The zero-order valence-corrected chi connectivity index (χ0v) is 20.0. The highest BCUT2D eigenvalue weighted by Gasteiger charge is 2.27. The second kappa shape index (κ2) is 10.5. The van der Waals surface area contributed by atoms with Crippen LogP contribution in [0.1, 0.15) is 29.0 Å². The Morgan fingerprint density at radius 1 is 1.06 bits per heavy atom. The number of rotatable bonds is 5. The highest BCUT2D eigenvalue weighted by atomic mass is 35.5. The van der Waals surface area contributed by atoms with Crippen LogP contribution in [0.4, 0.5) is 11.4 Å². The number of nitrogens with one attached hydrogen (secondary N) is 1. The van der Waals surface area contributed by atoms with Crippen molar-refractivity contribution in [3.63, 3.8) is 0 Å². The van der Waals surface area contributed by atoms with E-state index in [4.69, 9.17) is 20.9 Å². The number of halogens is 1. The van der Waals surface area contributed by atoms with Crippen LogP contribution in [0, 0.1) is 11.3 Å². The number of anilines is 2. The minimum absolute atomic E-state index is 0.0859. The average molecular weight is 492 g/mol. The number of hydrogen-bond acceptors (Lipinski definition) is 7. The molecule has 180 valence electrons. The molecule has 2 aromatic carbocycles. The van der Waals surface area contributed by atoms with Gasteiger partial charge in [0, 0.05) is 54.6 Å². The number of nitriles is 1. The zero-order chi connectivity index (χ0) is 24.2. The van der Waals surface area contributed by atoms with Crippen molar-refractivity contribution in [3.8, 4) is 17.3 Å². The number of carbonyl (C=O) groups excluding carboxylic acids is 1. The second-order valence-corrected chi connectivity index (χ2v) is 9.18. The van der Waals surface area contributed by atoms with Crippen LogP contribution < -0.4 is 10.2 Å². The first-order valence-corrected chi connectivity index (χ1v) is 12.1. The fourth-order valence-electron chi connectivity index (χ4n) is 4.73. The maximum atomic E-state index is 12.7. The van der Waals surface area contributed by atoms with Gasteiger partial charge in [-0.25, -0.2) is 0 Å². The minimum Gasteiger partial charge on any atom is -0.379 e. The van der Waals surface area contributed by atoms with E-state index in [0.717, 1.165) is 63.5 Å². The van der Waals surface area contributed by atoms with Gasteiger partial charge in [0.15, 0.2) is 0 Å². The predicted molar refractivity (Wildman–Crippen MR) is 134 cm³/mol. The molecule has 3 aromatic rings. The van der Waals surface area contributed by atoms with Gasteiger partial charge in [-0.2, -0.15) is 5.26 Å². The van der Waals surface area contributed by atoms with Gasteiger partial charge in [-0.3, -0.25) is 9.69 Å². The fourth-order valence-corrected chi connectivity index (χ4v) is 4.85. The monoisotopic (exact) mass is 491 g/mol. The van der Waals surface area contributed by atoms with Crippen molar-refractivity contribution in [1.82, 2.24) is 10.1 Å². The highest BCUT2D eigenvalue weighted by Crippen LogP contribution is 2.29. The third kappa shape index (κ3) is 5.33. The van der Waals surface area contributed by atoms with Crippen molar-refractivity contribution in [2.45, 2.75) is 18.9 Å². The Morgan fingerprint density at radius 2 is 1.80 bits per heavy atom. The molecule has 0 radical (unpaired) electrons. The topological polar surface area (TPSA) is 94.6 Å². The van der Waals surface area contributed by atoms with E-state index in [2.05, 4.69) is 26.3 Å². The number of piperidine rings is 1. The first-order chi connectivity index (χ1) is 17.1. The van der Waals surface area contributed by atoms with E-state index in [1.807, 2.05) is 24.3 Å². The smallest absolute Gasteiger partial charge is 0.294 e. The van der Waals surface area contributed by atoms with Crippen LogP contribution in [-0.2, 0) is 4.74 Å². The van der Waals surface area contributed by atoms with E-state index >= 15 is 0 Å². The summed E-state index contributed by atoms with van der Waals surface area (Å²) in [7, 11) is 0. The molecule has 0 saturated carbocycles. The Bertz CT molecular complexity index is 1220. The van der Waals surface area contributed by atoms with E-state index in [-0.39, 0.29) is 5.76 Å². The lowest BCUT2D eigenvalue weighted by molar-refractivity contribution is 0.0115. The van der Waals surface area contributed by atoms with Crippen molar-refractivity contribution in [3.05, 3.63) is 64.9 Å². The molecule has 9 heteroatoms. The molecule has 0 bridgehead atoms. The van der Waals surface area contributed by atoms with Gasteiger partial charge in [0.1, 0.15) is 11.8 Å². The summed E-state index contributed by atoms with van der Waals surface area (Å²) < 4.78 is 10.7. The van der Waals surface area contributed by atoms with E-state index < -0.39 is 5.91 Å². The first-order valence-electron chi connectivity index (χ1n) is 11.8. The summed E-state index contributed by atoms with van der Waals surface area (Å²) in [5, 5.41) is 17.2. The first kappa shape index (κ1) is 23.4. The fraction of sp³-hybridized carbons (Fsp3) is 0.346. The summed E-state index contributed by atoms with van der Waals surface area (Å²) in [5.74, 6) is -0.344. The second-order valence-electron chi connectivity index (χ2n) is 8.75. The van der Waals surface area contributed by atoms with Gasteiger partial charge >= 0.3 is 0 Å². The molecule has 1 aromatic heterocycles. The lowest BCUT2D eigenvalue weighted by Crippen LogP contribution is -2.49. The summed E-state index contributed by atoms with van der Waals surface area (Å²) in [5.41, 5.74) is 3.30. The molecule has 2 aliphatic heterocycles. The average Bonchev–Trinajstić information content (AvgIpc) is 3.40. The lowest BCUT2D eigenvalue weighted by Gasteiger charge is -2.41. The number of ether oxygens (including phenoxy) is 1. The van der Waals surface area contributed by atoms with Crippen LogP contribution in [0.2, 0.25) is 5.02 Å². The number of nitrogens with zero attached hydrogens (tertiary/aromatic N) is 4. The molecule has 0 spiro atoms. The standard InChI is InChI=1S/C26H26ClN5O3/c27-20-3-1-18(2-4-20)23-16-25(35-30-23)26(33)29-21-5-6-24(19(15-21)17-28)32-9-7-22(8-10-32)31-11-13-34-14-12-31/h1-6,15-16,22H,7-14H2,(H,29,33). The molecule has 0 unspecified atom stereocenters. The number of morpholine rings is 1. The molecule has 2 aliphatic rings. The molecule has 0 aliphatic carbocycles. The van der Waals surface area contributed by atoms with Crippen molar-refractivity contribution >= 4 is 28.9 Å². The normalized spacial score (nSPS) is 17.2. The van der Waals surface area contributed by atoms with E-state index in [0.29, 0.717) is 28.0 Å². The van der Waals surface area contributed by atoms with Crippen molar-refractivity contribution in [1.29, 1.82) is 5.26 Å². The maximum absolute atomic E-state index is 12.7. The third-order valence-corrected chi connectivity index (χ3v) is 6.87. The number of aromatic nitrogens is 1. The number of carbonyl (C=O) groups is 1. The van der Waals surface area contributed by atoms with Crippen molar-refractivity contribution in [2.75, 3.05) is 49.6 Å². The van der Waals surface area contributed by atoms with Crippen molar-refractivity contribution < 1.29 is 14.1 Å². The molecule has 5 rings (SSSR count). The van der Waals surface area contributed by atoms with Crippen LogP contribution in [0.25, 0.3) is 11.3 Å². The molecule has 2 saturated heterocycles. The molecule has 3 heterocycles. The Hall–Kier alpha value is -3.38. The van der Waals surface area contributed by atoms with Crippen LogP contribution in [-0.4, -0.2) is 61.4 Å². The Kier molecular flexibility index (Phi) is 7.00. The Balaban J connectivity index is 1.23. The third-order valence-electron chi connectivity index (χ3n) is 6.62. The Morgan fingerprint density at radius 3 is 2.51 bits per heavy atom. The van der Waals surface area contributed by atoms with Gasteiger partial charge in [-0.05, 0) is 43.2 Å². The largest absolute Gasteiger partial charge is 0.379 e. The zero-order valence-electron chi connectivity index (χ0n) is 19.2. The number of hydrogen-bond donors (Lipinski definition) is 1. The van der Waals surface area contributed by atoms with E-state index in [1.54, 1.807) is 24.3 Å². The maximum Gasteiger partial charge on any atom is 0.294 e. The van der Waals surface area contributed by atoms with Gasteiger partial charge < -0.3 is 19.5 Å². The van der Waals surface area contributed by atoms with Gasteiger partial charge in [0.05, 0.1) is 24.5 Å². The van der Waals surface area contributed by atoms with Crippen LogP contribution in [0.15, 0.2) is 53.1 Å². The van der Waals surface area contributed by atoms with Gasteiger partial charge in [-0.1, -0.05) is 28.9 Å². The molecule has 1 N–H and O–H groups in total. The van der Waals surface area contributed by atoms with Crippen LogP contribution in [0.3, 0.4) is 0 Å². The van der Waals surface area contributed by atoms with Gasteiger partial charge in [0.25, 0.3) is 5.91 Å². The quantitative estimate of drug-likeness (QED) is 0.564. The lowest BCUT2D eigenvalue weighted by atomic mass is 10.0. The molecule has 8 nitrogen and oxygen atoms in total. The molecular weight excluding hydrogens is 466 g/mol. The summed E-state index contributed by atoms with van der Waals surface area (Å²) >= 11 is 5.93. The molecular formula is C26H26ClN5O3. The Labute approximate surface area is 209 Å². The molecule has 2 fully saturated rings. The molecule has 1 amide bonds. The van der Waals surface area contributed by atoms with Crippen molar-refractivity contribution in [2.24, 2.45) is 0 Å². The highest BCUT2D eigenvalue weighted by molar-refractivity contribution is 6.30. The SMILES string of the molecule is N#Cc1cc(NC(=O)c2cc(-c3ccc(Cl)cc3)no2)ccc1N1CCC(N2CCOCC2)CC1. The summed E-state index contributed by atoms with van der Waals surface area (Å²) in [6.07, 6.45) is 2.12. The van der Waals surface area contributed by atoms with Crippen LogP contribution >= 0.6 is 11.6 Å². The van der Waals surface area contributed by atoms with E-state index in [9.17, 15) is 10.1 Å². The van der Waals surface area contributed by atoms with Gasteiger partial charge in [-0.15, -0.1) is 0 Å². The van der Waals surface area contributed by atoms with Crippen LogP contribution in [0.5, 0.6) is 0 Å². The minimum atomic E-state index is -0.430. The molecule has 35 heavy (non-hydrogen) atoms. The number of amides is 1. The predicted octanol–water partition coefficient (Wildman–Crippen LogP) is 4.42. The summed E-state index contributed by atoms with van der Waals surface area (Å²) in [6, 6.07) is 17.0. The van der Waals surface area contributed by atoms with Gasteiger partial charge in [0.2, 0.25) is 5.76 Å². The van der Waals surface area contributed by atoms with E-state index in [1.165, 1.54) is 0 Å². The summed E-state index contributed by atoms with van der Waals surface area (Å²) in [6.45, 7) is 5.40. The number of benzene rings is 2. The summed E-state index contributed by atoms with van der Waals surface area (Å²) in [4.78, 5) is 17.5.